The fourth-order valence-corrected chi connectivity index (χ4v) is 3.27. The lowest BCUT2D eigenvalue weighted by atomic mass is 10.1. The maximum Gasteiger partial charge on any atom is 0.417 e. The van der Waals surface area contributed by atoms with Gasteiger partial charge in [0.1, 0.15) is 23.3 Å². The van der Waals surface area contributed by atoms with Gasteiger partial charge in [0.25, 0.3) is 0 Å². The molecule has 0 bridgehead atoms. The largest absolute Gasteiger partial charge is 0.475 e. The predicted octanol–water partition coefficient (Wildman–Crippen LogP) is 3.22. The fourth-order valence-electron chi connectivity index (χ4n) is 3.05. The average molecular weight is 574 g/mol. The summed E-state index contributed by atoms with van der Waals surface area (Å²) in [5.74, 6) is 2.32. The van der Waals surface area contributed by atoms with Crippen LogP contribution in [-0.2, 0) is 19.1 Å². The van der Waals surface area contributed by atoms with Crippen LogP contribution in [0, 0.1) is 6.92 Å². The number of fused-ring (bicyclic) bond motifs is 1. The molecule has 3 heterocycles. The van der Waals surface area contributed by atoms with Crippen LogP contribution >= 0.6 is 35.6 Å². The maximum absolute atomic E-state index is 12.7. The Kier molecular flexibility index (Phi) is 9.15. The first-order valence-electron chi connectivity index (χ1n) is 9.57. The Morgan fingerprint density at radius 2 is 2.19 bits per heavy atom. The Hall–Kier alpha value is -1.83. The first-order chi connectivity index (χ1) is 14.3. The molecule has 1 aliphatic heterocycles. The first kappa shape index (κ1) is 25.4. The second kappa shape index (κ2) is 11.2. The number of rotatable bonds is 6. The van der Waals surface area contributed by atoms with Crippen LogP contribution in [-0.4, -0.2) is 51.4 Å². The zero-order chi connectivity index (χ0) is 21.7. The molecule has 0 fully saturated rings. The highest BCUT2D eigenvalue weighted by Crippen LogP contribution is 2.33. The third-order valence-corrected chi connectivity index (χ3v) is 4.65. The van der Waals surface area contributed by atoms with Gasteiger partial charge in [0.05, 0.1) is 18.7 Å². The topological polar surface area (TPSA) is 89.2 Å². The summed E-state index contributed by atoms with van der Waals surface area (Å²) in [7, 11) is 0. The SMILES string of the molecule is CCNC(=NCCOc1ncc(C(F)(F)F)cc1Cl)NC1CCc2nc(C)nn2C1.I. The summed E-state index contributed by atoms with van der Waals surface area (Å²) in [6.45, 7) is 5.60. The molecule has 8 nitrogen and oxygen atoms in total. The first-order valence-corrected chi connectivity index (χ1v) is 9.94. The van der Waals surface area contributed by atoms with Crippen LogP contribution in [0.25, 0.3) is 0 Å². The molecule has 3 rings (SSSR count). The van der Waals surface area contributed by atoms with Gasteiger partial charge < -0.3 is 15.4 Å². The molecular weight excluding hydrogens is 550 g/mol. The Balaban J connectivity index is 0.00000341. The van der Waals surface area contributed by atoms with Gasteiger partial charge in [0.2, 0.25) is 5.88 Å². The second-order valence-corrected chi connectivity index (χ2v) is 7.16. The van der Waals surface area contributed by atoms with Gasteiger partial charge in [-0.3, -0.25) is 0 Å². The van der Waals surface area contributed by atoms with Gasteiger partial charge in [0, 0.05) is 25.2 Å². The van der Waals surface area contributed by atoms with Crippen LogP contribution in [0.5, 0.6) is 5.88 Å². The number of nitrogens with zero attached hydrogens (tertiary/aromatic N) is 5. The number of guanidine groups is 1. The standard InChI is InChI=1S/C18H23ClF3N7O.HI/c1-3-23-17(27-13-4-5-15-26-11(2)28-29(15)10-13)24-6-7-30-16-14(19)8-12(9-25-16)18(20,21)22;/h8-9,13H,3-7,10H2,1-2H3,(H2,23,24,27);1H. The Bertz CT molecular complexity index is 907. The summed E-state index contributed by atoms with van der Waals surface area (Å²) in [6, 6.07) is 0.949. The van der Waals surface area contributed by atoms with E-state index in [4.69, 9.17) is 16.3 Å². The molecule has 13 heteroatoms. The number of aromatic nitrogens is 4. The van der Waals surface area contributed by atoms with E-state index in [1.807, 2.05) is 18.5 Å². The van der Waals surface area contributed by atoms with E-state index in [9.17, 15) is 13.2 Å². The summed E-state index contributed by atoms with van der Waals surface area (Å²) in [5.41, 5.74) is -0.922. The number of ether oxygens (including phenoxy) is 1. The van der Waals surface area contributed by atoms with E-state index < -0.39 is 11.7 Å². The van der Waals surface area contributed by atoms with Crippen molar-refractivity contribution < 1.29 is 17.9 Å². The molecule has 0 radical (unpaired) electrons. The van der Waals surface area contributed by atoms with Gasteiger partial charge in [0.15, 0.2) is 5.96 Å². The van der Waals surface area contributed by atoms with Gasteiger partial charge in [-0.15, -0.1) is 24.0 Å². The van der Waals surface area contributed by atoms with E-state index in [2.05, 4.69) is 30.7 Å². The third kappa shape index (κ3) is 7.09. The van der Waals surface area contributed by atoms with Crippen LogP contribution in [0.1, 0.15) is 30.6 Å². The highest BCUT2D eigenvalue weighted by Gasteiger charge is 2.31. The zero-order valence-corrected chi connectivity index (χ0v) is 20.1. The number of halogens is 5. The molecule has 1 aliphatic rings. The number of aryl methyl sites for hydroxylation is 2. The summed E-state index contributed by atoms with van der Waals surface area (Å²) < 4.78 is 45.3. The molecule has 0 saturated heterocycles. The Morgan fingerprint density at radius 1 is 1.42 bits per heavy atom. The number of hydrogen-bond donors (Lipinski definition) is 2. The van der Waals surface area contributed by atoms with E-state index in [1.54, 1.807) is 0 Å². The second-order valence-electron chi connectivity index (χ2n) is 6.76. The van der Waals surface area contributed by atoms with Gasteiger partial charge in [-0.25, -0.2) is 19.6 Å². The number of pyridine rings is 1. The molecule has 0 amide bonds. The van der Waals surface area contributed by atoms with E-state index in [-0.39, 0.29) is 54.1 Å². The lowest BCUT2D eigenvalue weighted by Gasteiger charge is -2.25. The van der Waals surface area contributed by atoms with Crippen LogP contribution in [0.15, 0.2) is 17.3 Å². The van der Waals surface area contributed by atoms with Crippen molar-refractivity contribution in [2.45, 2.75) is 45.5 Å². The molecular formula is C18H24ClF3IN7O. The van der Waals surface area contributed by atoms with Crippen molar-refractivity contribution in [1.82, 2.24) is 30.4 Å². The molecule has 0 spiro atoms. The van der Waals surface area contributed by atoms with E-state index in [0.29, 0.717) is 25.2 Å². The smallest absolute Gasteiger partial charge is 0.417 e. The molecule has 2 N–H and O–H groups in total. The van der Waals surface area contributed by atoms with Gasteiger partial charge in [-0.05, 0) is 26.3 Å². The molecule has 0 saturated carbocycles. The number of alkyl halides is 3. The summed E-state index contributed by atoms with van der Waals surface area (Å²) in [4.78, 5) is 12.5. The quantitative estimate of drug-likeness (QED) is 0.239. The van der Waals surface area contributed by atoms with Crippen LogP contribution in [0.4, 0.5) is 13.2 Å². The van der Waals surface area contributed by atoms with Crippen LogP contribution < -0.4 is 15.4 Å². The summed E-state index contributed by atoms with van der Waals surface area (Å²) in [6.07, 6.45) is -2.07. The Labute approximate surface area is 200 Å². The van der Waals surface area contributed by atoms with Gasteiger partial charge in [-0.1, -0.05) is 11.6 Å². The van der Waals surface area contributed by atoms with E-state index in [0.717, 1.165) is 30.6 Å². The molecule has 2 aromatic heterocycles. The van der Waals surface area contributed by atoms with Crippen molar-refractivity contribution in [3.05, 3.63) is 34.5 Å². The van der Waals surface area contributed by atoms with E-state index in [1.165, 1.54) is 0 Å². The maximum atomic E-state index is 12.7. The van der Waals surface area contributed by atoms with Crippen molar-refractivity contribution in [3.8, 4) is 5.88 Å². The summed E-state index contributed by atoms with van der Waals surface area (Å²) in [5, 5.41) is 10.7. The highest BCUT2D eigenvalue weighted by atomic mass is 127. The third-order valence-electron chi connectivity index (χ3n) is 4.38. The lowest BCUT2D eigenvalue weighted by molar-refractivity contribution is -0.137. The minimum Gasteiger partial charge on any atom is -0.475 e. The molecule has 0 aliphatic carbocycles. The molecule has 1 atom stereocenters. The average Bonchev–Trinajstić information content (AvgIpc) is 3.04. The summed E-state index contributed by atoms with van der Waals surface area (Å²) >= 11 is 5.84. The van der Waals surface area contributed by atoms with Crippen molar-refractivity contribution >= 4 is 41.5 Å². The highest BCUT2D eigenvalue weighted by molar-refractivity contribution is 14.0. The minimum atomic E-state index is -4.50. The van der Waals surface area contributed by atoms with Crippen molar-refractivity contribution in [2.24, 2.45) is 4.99 Å². The number of aliphatic imine (C=N–C) groups is 1. The number of nitrogens with one attached hydrogen (secondary N) is 2. The number of hydrogen-bond acceptors (Lipinski definition) is 5. The molecule has 2 aromatic rings. The van der Waals surface area contributed by atoms with Crippen LogP contribution in [0.3, 0.4) is 0 Å². The molecule has 1 unspecified atom stereocenters. The minimum absolute atomic E-state index is 0. The van der Waals surface area contributed by atoms with Crippen LogP contribution in [0.2, 0.25) is 5.02 Å². The van der Waals surface area contributed by atoms with Gasteiger partial charge >= 0.3 is 6.18 Å². The monoisotopic (exact) mass is 573 g/mol. The lowest BCUT2D eigenvalue weighted by Crippen LogP contribution is -2.47. The zero-order valence-electron chi connectivity index (χ0n) is 17.0. The Morgan fingerprint density at radius 3 is 2.87 bits per heavy atom. The molecule has 31 heavy (non-hydrogen) atoms. The fraction of sp³-hybridized carbons (Fsp3) is 0.556. The van der Waals surface area contributed by atoms with E-state index >= 15 is 0 Å². The van der Waals surface area contributed by atoms with Crippen molar-refractivity contribution in [1.29, 1.82) is 0 Å². The van der Waals surface area contributed by atoms with Gasteiger partial charge in [-0.2, -0.15) is 18.3 Å². The normalized spacial score (nSPS) is 16.3. The molecule has 172 valence electrons. The molecule has 0 aromatic carbocycles. The van der Waals surface area contributed by atoms with Crippen molar-refractivity contribution in [2.75, 3.05) is 19.7 Å². The predicted molar refractivity (Wildman–Crippen MR) is 121 cm³/mol. The van der Waals surface area contributed by atoms with Crippen molar-refractivity contribution in [3.63, 3.8) is 0 Å².